The Morgan fingerprint density at radius 1 is 0.725 bits per heavy atom. The van der Waals surface area contributed by atoms with Gasteiger partial charge in [0.05, 0.1) is 31.2 Å². The summed E-state index contributed by atoms with van der Waals surface area (Å²) in [5.74, 6) is -4.03. The van der Waals surface area contributed by atoms with Crippen LogP contribution in [0.15, 0.2) is 54.6 Å². The van der Waals surface area contributed by atoms with E-state index in [4.69, 9.17) is 24.1 Å². The van der Waals surface area contributed by atoms with Crippen molar-refractivity contribution in [2.24, 2.45) is 0 Å². The van der Waals surface area contributed by atoms with Gasteiger partial charge in [-0.3, -0.25) is 19.2 Å². The lowest BCUT2D eigenvalue weighted by Gasteiger charge is -2.20. The zero-order valence-electron chi connectivity index (χ0n) is 22.6. The van der Waals surface area contributed by atoms with Gasteiger partial charge in [0.2, 0.25) is 0 Å². The van der Waals surface area contributed by atoms with Crippen molar-refractivity contribution in [3.05, 3.63) is 60.2 Å². The van der Waals surface area contributed by atoms with E-state index in [0.717, 1.165) is 10.8 Å². The van der Waals surface area contributed by atoms with Crippen molar-refractivity contribution >= 4 is 51.4 Å². The number of carbonyl (C=O) groups excluding carboxylic acids is 4. The molecule has 0 amide bonds. The van der Waals surface area contributed by atoms with Crippen LogP contribution in [-0.2, 0) is 38.1 Å². The summed E-state index contributed by atoms with van der Waals surface area (Å²) in [7, 11) is 0. The number of carboxylic acid groups (broad SMARTS) is 1. The predicted molar refractivity (Wildman–Crippen MR) is 145 cm³/mol. The van der Waals surface area contributed by atoms with Crippen LogP contribution in [0, 0.1) is 0 Å². The van der Waals surface area contributed by atoms with Crippen molar-refractivity contribution in [2.75, 3.05) is 13.2 Å². The fraction of sp³-hybridized carbons (Fsp3) is 0.367. The van der Waals surface area contributed by atoms with Crippen molar-refractivity contribution in [3.8, 4) is 0 Å². The second-order valence-corrected chi connectivity index (χ2v) is 10.1. The fourth-order valence-electron chi connectivity index (χ4n) is 3.90. The van der Waals surface area contributed by atoms with Crippen LogP contribution in [0.2, 0.25) is 0 Å². The van der Waals surface area contributed by atoms with Gasteiger partial charge in [-0.2, -0.15) is 0 Å². The van der Waals surface area contributed by atoms with E-state index in [1.165, 1.54) is 0 Å². The first-order chi connectivity index (χ1) is 18.9. The monoisotopic (exact) mass is 552 g/mol. The van der Waals surface area contributed by atoms with Gasteiger partial charge < -0.3 is 24.1 Å². The first-order valence-corrected chi connectivity index (χ1v) is 12.8. The van der Waals surface area contributed by atoms with E-state index in [1.807, 2.05) is 30.3 Å². The van der Waals surface area contributed by atoms with E-state index in [9.17, 15) is 24.0 Å². The molecule has 40 heavy (non-hydrogen) atoms. The van der Waals surface area contributed by atoms with Gasteiger partial charge in [0, 0.05) is 0 Å². The maximum absolute atomic E-state index is 13.3. The lowest BCUT2D eigenvalue weighted by Crippen LogP contribution is -2.31. The molecule has 0 aromatic heterocycles. The highest BCUT2D eigenvalue weighted by molar-refractivity contribution is 6.16. The molecular weight excluding hydrogens is 520 g/mol. The van der Waals surface area contributed by atoms with E-state index in [-0.39, 0.29) is 19.3 Å². The summed E-state index contributed by atoms with van der Waals surface area (Å²) in [4.78, 5) is 60.4. The van der Waals surface area contributed by atoms with Crippen molar-refractivity contribution in [3.63, 3.8) is 0 Å². The Balaban J connectivity index is 1.72. The SMILES string of the molecule is CC(C)(C)OC(=O)CCC(=O)OC(COC(=O)CCC(=O)O)COC(=O)c1c2ccccc2cc2ccccc12. The van der Waals surface area contributed by atoms with Crippen molar-refractivity contribution in [1.82, 2.24) is 0 Å². The number of carboxylic acids is 1. The van der Waals surface area contributed by atoms with Crippen LogP contribution in [-0.4, -0.2) is 59.9 Å². The Morgan fingerprint density at radius 2 is 1.25 bits per heavy atom. The summed E-state index contributed by atoms with van der Waals surface area (Å²) in [6, 6.07) is 16.7. The quantitative estimate of drug-likeness (QED) is 0.192. The Kier molecular flexibility index (Phi) is 10.2. The molecule has 0 aliphatic heterocycles. The number of hydrogen-bond donors (Lipinski definition) is 1. The van der Waals surface area contributed by atoms with Crippen LogP contribution in [0.3, 0.4) is 0 Å². The topological polar surface area (TPSA) is 142 Å². The summed E-state index contributed by atoms with van der Waals surface area (Å²) >= 11 is 0. The lowest BCUT2D eigenvalue weighted by molar-refractivity contribution is -0.164. The first-order valence-electron chi connectivity index (χ1n) is 12.8. The second kappa shape index (κ2) is 13.5. The van der Waals surface area contributed by atoms with Gasteiger partial charge in [-0.1, -0.05) is 48.5 Å². The van der Waals surface area contributed by atoms with Crippen LogP contribution >= 0.6 is 0 Å². The Hall–Kier alpha value is -4.47. The van der Waals surface area contributed by atoms with Gasteiger partial charge >= 0.3 is 29.8 Å². The first kappa shape index (κ1) is 30.1. The molecule has 0 fully saturated rings. The minimum atomic E-state index is -1.19. The Morgan fingerprint density at radius 3 is 1.82 bits per heavy atom. The van der Waals surface area contributed by atoms with Crippen LogP contribution in [0.25, 0.3) is 21.5 Å². The highest BCUT2D eigenvalue weighted by Crippen LogP contribution is 2.29. The van der Waals surface area contributed by atoms with Gasteiger partial charge in [0.1, 0.15) is 18.8 Å². The van der Waals surface area contributed by atoms with Crippen LogP contribution in [0.5, 0.6) is 0 Å². The number of hydrogen-bond acceptors (Lipinski definition) is 9. The van der Waals surface area contributed by atoms with Gasteiger partial charge in [0.15, 0.2) is 6.10 Å². The largest absolute Gasteiger partial charge is 0.481 e. The molecule has 0 saturated heterocycles. The summed E-state index contributed by atoms with van der Waals surface area (Å²) in [6.07, 6.45) is -2.53. The number of esters is 4. The van der Waals surface area contributed by atoms with Crippen molar-refractivity contribution in [1.29, 1.82) is 0 Å². The highest BCUT2D eigenvalue weighted by Gasteiger charge is 2.24. The summed E-state index contributed by atoms with van der Waals surface area (Å²) in [6.45, 7) is 4.18. The third-order valence-electron chi connectivity index (χ3n) is 5.60. The third-order valence-corrected chi connectivity index (χ3v) is 5.60. The average Bonchev–Trinajstić information content (AvgIpc) is 2.89. The van der Waals surface area contributed by atoms with Gasteiger partial charge in [-0.05, 0) is 48.4 Å². The summed E-state index contributed by atoms with van der Waals surface area (Å²) in [5, 5.41) is 11.8. The number of rotatable bonds is 12. The van der Waals surface area contributed by atoms with E-state index < -0.39 is 61.2 Å². The molecular formula is C30H32O10. The molecule has 212 valence electrons. The van der Waals surface area contributed by atoms with Gasteiger partial charge in [-0.15, -0.1) is 0 Å². The minimum Gasteiger partial charge on any atom is -0.481 e. The number of benzene rings is 3. The molecule has 0 bridgehead atoms. The van der Waals surface area contributed by atoms with Crippen LogP contribution in [0.4, 0.5) is 0 Å². The van der Waals surface area contributed by atoms with Crippen molar-refractivity contribution in [2.45, 2.75) is 58.2 Å². The molecule has 0 radical (unpaired) electrons. The summed E-state index contributed by atoms with van der Waals surface area (Å²) < 4.78 is 21.1. The standard InChI is InChI=1S/C30H32O10/c1-30(2,3)40-27(35)15-14-26(34)39-21(17-37-25(33)13-12-24(31)32)18-38-29(36)28-22-10-6-4-8-19(22)16-20-9-5-7-11-23(20)28/h4-11,16,21H,12-15,17-18H2,1-3H3,(H,31,32). The number of fused-ring (bicyclic) bond motifs is 2. The molecule has 0 heterocycles. The molecule has 3 aromatic rings. The maximum atomic E-state index is 13.3. The molecule has 1 unspecified atom stereocenters. The Bertz CT molecular complexity index is 1350. The normalized spacial score (nSPS) is 12.0. The van der Waals surface area contributed by atoms with E-state index in [2.05, 4.69) is 0 Å². The van der Waals surface area contributed by atoms with Crippen molar-refractivity contribution < 1.29 is 48.0 Å². The lowest BCUT2D eigenvalue weighted by atomic mass is 9.97. The maximum Gasteiger partial charge on any atom is 0.339 e. The highest BCUT2D eigenvalue weighted by atomic mass is 16.6. The predicted octanol–water partition coefficient (Wildman–Crippen LogP) is 4.59. The van der Waals surface area contributed by atoms with Gasteiger partial charge in [-0.25, -0.2) is 4.79 Å². The molecule has 0 aliphatic carbocycles. The number of ether oxygens (including phenoxy) is 4. The van der Waals surface area contributed by atoms with Crippen LogP contribution in [0.1, 0.15) is 56.8 Å². The number of aliphatic carboxylic acids is 1. The van der Waals surface area contributed by atoms with Gasteiger partial charge in [0.25, 0.3) is 0 Å². The smallest absolute Gasteiger partial charge is 0.339 e. The van der Waals surface area contributed by atoms with E-state index >= 15 is 0 Å². The summed E-state index contributed by atoms with van der Waals surface area (Å²) in [5.41, 5.74) is -0.379. The molecule has 3 rings (SSSR count). The number of carbonyl (C=O) groups is 5. The minimum absolute atomic E-state index is 0.233. The average molecular weight is 553 g/mol. The molecule has 1 atom stereocenters. The van der Waals surface area contributed by atoms with E-state index in [1.54, 1.807) is 45.0 Å². The zero-order valence-corrected chi connectivity index (χ0v) is 22.6. The molecule has 10 nitrogen and oxygen atoms in total. The fourth-order valence-corrected chi connectivity index (χ4v) is 3.90. The molecule has 0 saturated carbocycles. The molecule has 3 aromatic carbocycles. The zero-order chi connectivity index (χ0) is 29.3. The molecule has 0 spiro atoms. The van der Waals surface area contributed by atoms with E-state index in [0.29, 0.717) is 16.3 Å². The molecule has 1 N–H and O–H groups in total. The van der Waals surface area contributed by atoms with Crippen LogP contribution < -0.4 is 0 Å². The second-order valence-electron chi connectivity index (χ2n) is 10.1. The Labute approximate surface area is 231 Å². The molecule has 0 aliphatic rings. The third kappa shape index (κ3) is 9.07. The molecule has 10 heteroatoms.